The summed E-state index contributed by atoms with van der Waals surface area (Å²) in [6.45, 7) is 0. The lowest BCUT2D eigenvalue weighted by molar-refractivity contribution is -0.137. The molecule has 0 aromatic rings. The van der Waals surface area contributed by atoms with E-state index in [4.69, 9.17) is 14.9 Å². The number of unbranched alkanes of at least 4 members (excludes halogenated alkanes) is 26. The number of hydrogen-bond acceptors (Lipinski definition) is 2. The van der Waals surface area contributed by atoms with Gasteiger partial charge >= 0.3 is 13.6 Å². The third-order valence-electron chi connectivity index (χ3n) is 7.34. The molecule has 0 atom stereocenters. The summed E-state index contributed by atoms with van der Waals surface area (Å²) >= 11 is 0. The van der Waals surface area contributed by atoms with Crippen LogP contribution in [0.15, 0.2) is 0 Å². The quantitative estimate of drug-likeness (QED) is 0.0632. The van der Waals surface area contributed by atoms with Gasteiger partial charge in [0.25, 0.3) is 0 Å². The fourth-order valence-electron chi connectivity index (χ4n) is 5.01. The average Bonchev–Trinajstić information content (AvgIpc) is 2.82. The van der Waals surface area contributed by atoms with Crippen molar-refractivity contribution in [3.8, 4) is 0 Å². The second kappa shape index (κ2) is 27.6. The molecular weight excluding hydrogens is 471 g/mol. The Bertz CT molecular complexity index is 506. The maximum Gasteiger partial charge on any atom is 0.325 e. The Balaban J connectivity index is 3.05. The maximum atomic E-state index is 10.8. The highest BCUT2D eigenvalue weighted by Gasteiger charge is 2.10. The fraction of sp³-hybridized carbons (Fsp3) is 0.967. The van der Waals surface area contributed by atoms with E-state index in [1.807, 2.05) is 0 Å². The zero-order valence-electron chi connectivity index (χ0n) is 23.6. The molecular formula is C30H61O5P. The summed E-state index contributed by atoms with van der Waals surface area (Å²) in [5.41, 5.74) is 0. The first kappa shape index (κ1) is 35.6. The van der Waals surface area contributed by atoms with Gasteiger partial charge in [-0.25, -0.2) is 0 Å². The summed E-state index contributed by atoms with van der Waals surface area (Å²) in [5.74, 6) is -0.661. The second-order valence-electron chi connectivity index (χ2n) is 11.1. The highest BCUT2D eigenvalue weighted by Crippen LogP contribution is 2.35. The minimum atomic E-state index is -3.78. The Morgan fingerprint density at radius 1 is 0.389 bits per heavy atom. The Morgan fingerprint density at radius 3 is 0.778 bits per heavy atom. The molecule has 36 heavy (non-hydrogen) atoms. The highest BCUT2D eigenvalue weighted by atomic mass is 31.2. The molecule has 0 saturated heterocycles. The summed E-state index contributed by atoms with van der Waals surface area (Å²) in [7, 11) is -3.78. The van der Waals surface area contributed by atoms with Gasteiger partial charge < -0.3 is 14.9 Å². The van der Waals surface area contributed by atoms with Crippen LogP contribution in [0.4, 0.5) is 0 Å². The van der Waals surface area contributed by atoms with Crippen molar-refractivity contribution in [1.82, 2.24) is 0 Å². The first-order chi connectivity index (χ1) is 17.4. The van der Waals surface area contributed by atoms with E-state index in [-0.39, 0.29) is 6.16 Å². The molecule has 0 aliphatic heterocycles. The minimum Gasteiger partial charge on any atom is -0.481 e. The molecule has 0 heterocycles. The van der Waals surface area contributed by atoms with E-state index < -0.39 is 13.6 Å². The van der Waals surface area contributed by atoms with Crippen LogP contribution in [0.25, 0.3) is 0 Å². The van der Waals surface area contributed by atoms with Gasteiger partial charge in [0.2, 0.25) is 0 Å². The molecule has 0 unspecified atom stereocenters. The van der Waals surface area contributed by atoms with Crippen LogP contribution in [-0.2, 0) is 9.36 Å². The van der Waals surface area contributed by atoms with E-state index in [0.717, 1.165) is 25.7 Å². The number of aliphatic carboxylic acids is 1. The van der Waals surface area contributed by atoms with Crippen LogP contribution >= 0.6 is 7.60 Å². The average molecular weight is 533 g/mol. The van der Waals surface area contributed by atoms with Crippen molar-refractivity contribution < 1.29 is 24.3 Å². The Hall–Kier alpha value is -0.380. The molecule has 0 saturated carbocycles. The lowest BCUT2D eigenvalue weighted by atomic mass is 10.0. The molecule has 0 aliphatic rings. The predicted molar refractivity (Wildman–Crippen MR) is 154 cm³/mol. The summed E-state index contributed by atoms with van der Waals surface area (Å²) in [5, 5.41) is 8.61. The SMILES string of the molecule is O=C(O)CCCCCCCCCCCCCCCCCCCCCCCCCCCCCP(=O)(O)O. The van der Waals surface area contributed by atoms with Gasteiger partial charge in [0, 0.05) is 12.6 Å². The van der Waals surface area contributed by atoms with Crippen LogP contribution in [0.2, 0.25) is 0 Å². The topological polar surface area (TPSA) is 94.8 Å². The van der Waals surface area contributed by atoms with E-state index >= 15 is 0 Å². The lowest BCUT2D eigenvalue weighted by Crippen LogP contribution is -1.93. The Kier molecular flexibility index (Phi) is 27.4. The second-order valence-corrected chi connectivity index (χ2v) is 12.9. The molecule has 5 nitrogen and oxygen atoms in total. The van der Waals surface area contributed by atoms with Gasteiger partial charge in [-0.2, -0.15) is 0 Å². The van der Waals surface area contributed by atoms with Crippen molar-refractivity contribution in [3.05, 3.63) is 0 Å². The summed E-state index contributed by atoms with van der Waals surface area (Å²) in [4.78, 5) is 28.1. The van der Waals surface area contributed by atoms with Crippen molar-refractivity contribution in [2.45, 2.75) is 180 Å². The summed E-state index contributed by atoms with van der Waals surface area (Å²) < 4.78 is 10.8. The van der Waals surface area contributed by atoms with Crippen LogP contribution in [0, 0.1) is 0 Å². The Morgan fingerprint density at radius 2 is 0.583 bits per heavy atom. The van der Waals surface area contributed by atoms with Gasteiger partial charge in [-0.15, -0.1) is 0 Å². The number of carboxylic acids is 1. The third kappa shape index (κ3) is 33.6. The van der Waals surface area contributed by atoms with Gasteiger partial charge in [0.15, 0.2) is 0 Å². The van der Waals surface area contributed by atoms with Crippen LogP contribution in [0.1, 0.15) is 180 Å². The van der Waals surface area contributed by atoms with Gasteiger partial charge in [0.05, 0.1) is 0 Å². The third-order valence-corrected chi connectivity index (χ3v) is 8.24. The molecule has 0 rings (SSSR count). The molecule has 0 bridgehead atoms. The summed E-state index contributed by atoms with van der Waals surface area (Å²) in [6, 6.07) is 0. The van der Waals surface area contributed by atoms with Crippen molar-refractivity contribution in [2.24, 2.45) is 0 Å². The molecule has 6 heteroatoms. The van der Waals surface area contributed by atoms with Crippen molar-refractivity contribution in [2.75, 3.05) is 6.16 Å². The van der Waals surface area contributed by atoms with Gasteiger partial charge in [-0.05, 0) is 12.8 Å². The fourth-order valence-corrected chi connectivity index (χ4v) is 5.65. The first-order valence-corrected chi connectivity index (χ1v) is 17.5. The minimum absolute atomic E-state index is 0.0519. The van der Waals surface area contributed by atoms with Gasteiger partial charge in [-0.1, -0.05) is 161 Å². The molecule has 3 N–H and O–H groups in total. The molecule has 0 aliphatic carbocycles. The highest BCUT2D eigenvalue weighted by molar-refractivity contribution is 7.51. The zero-order valence-corrected chi connectivity index (χ0v) is 24.5. The standard InChI is InChI=1S/C30H61O5P/c31-30(32)28-26-24-22-20-18-16-14-12-10-8-6-4-2-1-3-5-7-9-11-13-15-17-19-21-23-25-27-29-36(33,34)35/h1-29H2,(H,31,32)(H2,33,34,35). The first-order valence-electron chi connectivity index (χ1n) is 15.7. The number of carboxylic acid groups (broad SMARTS) is 1. The zero-order chi connectivity index (χ0) is 26.6. The molecule has 0 spiro atoms. The molecule has 0 aromatic carbocycles. The normalized spacial score (nSPS) is 11.8. The van der Waals surface area contributed by atoms with Crippen molar-refractivity contribution in [3.63, 3.8) is 0 Å². The van der Waals surface area contributed by atoms with Gasteiger partial charge in [0.1, 0.15) is 0 Å². The van der Waals surface area contributed by atoms with E-state index in [0.29, 0.717) is 12.8 Å². The van der Waals surface area contributed by atoms with Crippen LogP contribution in [-0.4, -0.2) is 27.0 Å². The van der Waals surface area contributed by atoms with Gasteiger partial charge in [-0.3, -0.25) is 9.36 Å². The maximum absolute atomic E-state index is 10.8. The number of carbonyl (C=O) groups is 1. The Labute approximate surface area is 223 Å². The van der Waals surface area contributed by atoms with Crippen molar-refractivity contribution in [1.29, 1.82) is 0 Å². The molecule has 0 radical (unpaired) electrons. The predicted octanol–water partition coefficient (Wildman–Crippen LogP) is 10.2. The molecule has 0 fully saturated rings. The molecule has 0 amide bonds. The van der Waals surface area contributed by atoms with E-state index in [2.05, 4.69) is 0 Å². The van der Waals surface area contributed by atoms with E-state index in [9.17, 15) is 9.36 Å². The van der Waals surface area contributed by atoms with E-state index in [1.165, 1.54) is 141 Å². The monoisotopic (exact) mass is 532 g/mol. The van der Waals surface area contributed by atoms with Crippen LogP contribution in [0.5, 0.6) is 0 Å². The lowest BCUT2D eigenvalue weighted by Gasteiger charge is -2.05. The van der Waals surface area contributed by atoms with E-state index in [1.54, 1.807) is 0 Å². The largest absolute Gasteiger partial charge is 0.481 e. The number of rotatable bonds is 30. The van der Waals surface area contributed by atoms with Crippen LogP contribution < -0.4 is 0 Å². The molecule has 0 aromatic heterocycles. The summed E-state index contributed by atoms with van der Waals surface area (Å²) in [6.07, 6.45) is 34.9. The van der Waals surface area contributed by atoms with Crippen LogP contribution in [0.3, 0.4) is 0 Å². The number of hydrogen-bond donors (Lipinski definition) is 3. The van der Waals surface area contributed by atoms with Crippen molar-refractivity contribution >= 4 is 13.6 Å². The smallest absolute Gasteiger partial charge is 0.325 e. The molecule has 216 valence electrons.